The van der Waals surface area contributed by atoms with Gasteiger partial charge in [-0.15, -0.1) is 12.4 Å². The largest absolute Gasteiger partial charge is 0.347 e. The molecule has 0 spiro atoms. The Bertz CT molecular complexity index is 370. The number of hydrogen-bond donors (Lipinski definition) is 3. The Kier molecular flexibility index (Phi) is 5.64. The molecule has 1 aromatic rings. The molecule has 6 heteroatoms. The smallest absolute Gasteiger partial charge is 0.272 e. The molecule has 1 aromatic heterocycles. The standard InChI is InChI=1S/C11H20N4O.ClH/c1-7(6-12)13-10(16)8-5-9(15-14-8)11(2,3)4;/h5,7H,6,12H2,1-4H3,(H,13,16)(H,14,15);1H/t7-;/m0./s1. The van der Waals surface area contributed by atoms with Crippen molar-refractivity contribution < 1.29 is 4.79 Å². The molecule has 0 aliphatic heterocycles. The number of nitrogens with one attached hydrogen (secondary N) is 2. The van der Waals surface area contributed by atoms with Crippen molar-refractivity contribution in [2.45, 2.75) is 39.2 Å². The van der Waals surface area contributed by atoms with Crippen LogP contribution in [0.4, 0.5) is 0 Å². The van der Waals surface area contributed by atoms with Gasteiger partial charge in [0.15, 0.2) is 0 Å². The van der Waals surface area contributed by atoms with E-state index in [9.17, 15) is 4.79 Å². The molecule has 98 valence electrons. The molecule has 1 rings (SSSR count). The fourth-order valence-electron chi connectivity index (χ4n) is 1.18. The number of aromatic amines is 1. The first-order valence-corrected chi connectivity index (χ1v) is 5.41. The molecule has 1 heterocycles. The van der Waals surface area contributed by atoms with Gasteiger partial charge in [0.25, 0.3) is 5.91 Å². The Morgan fingerprint density at radius 1 is 1.59 bits per heavy atom. The molecule has 4 N–H and O–H groups in total. The summed E-state index contributed by atoms with van der Waals surface area (Å²) in [5.74, 6) is -0.190. The second kappa shape index (κ2) is 6.02. The van der Waals surface area contributed by atoms with Gasteiger partial charge in [-0.3, -0.25) is 9.89 Å². The third kappa shape index (κ3) is 4.36. The molecule has 0 radical (unpaired) electrons. The first-order valence-electron chi connectivity index (χ1n) is 5.41. The summed E-state index contributed by atoms with van der Waals surface area (Å²) in [5, 5.41) is 9.63. The summed E-state index contributed by atoms with van der Waals surface area (Å²) in [6, 6.07) is 1.74. The van der Waals surface area contributed by atoms with E-state index in [4.69, 9.17) is 5.73 Å². The Balaban J connectivity index is 0.00000256. The Morgan fingerprint density at radius 3 is 2.59 bits per heavy atom. The molecule has 5 nitrogen and oxygen atoms in total. The van der Waals surface area contributed by atoms with Gasteiger partial charge in [-0.05, 0) is 13.0 Å². The lowest BCUT2D eigenvalue weighted by molar-refractivity contribution is 0.0936. The van der Waals surface area contributed by atoms with Crippen LogP contribution in [-0.2, 0) is 5.41 Å². The monoisotopic (exact) mass is 260 g/mol. The van der Waals surface area contributed by atoms with Crippen LogP contribution in [-0.4, -0.2) is 28.7 Å². The first-order chi connectivity index (χ1) is 7.34. The molecular formula is C11H21ClN4O. The van der Waals surface area contributed by atoms with Crippen LogP contribution in [0.1, 0.15) is 43.9 Å². The highest BCUT2D eigenvalue weighted by Crippen LogP contribution is 2.20. The highest BCUT2D eigenvalue weighted by Gasteiger charge is 2.19. The van der Waals surface area contributed by atoms with Gasteiger partial charge in [0.1, 0.15) is 5.69 Å². The van der Waals surface area contributed by atoms with Gasteiger partial charge in [0.2, 0.25) is 0 Å². The normalized spacial score (nSPS) is 12.8. The summed E-state index contributed by atoms with van der Waals surface area (Å²) in [4.78, 5) is 11.7. The van der Waals surface area contributed by atoms with E-state index < -0.39 is 0 Å². The third-order valence-corrected chi connectivity index (χ3v) is 2.35. The van der Waals surface area contributed by atoms with E-state index in [-0.39, 0.29) is 29.8 Å². The number of H-pyrrole nitrogens is 1. The van der Waals surface area contributed by atoms with Crippen molar-refractivity contribution in [3.8, 4) is 0 Å². The van der Waals surface area contributed by atoms with Crippen molar-refractivity contribution >= 4 is 18.3 Å². The predicted octanol–water partition coefficient (Wildman–Crippen LogP) is 1.21. The molecule has 1 atom stereocenters. The first kappa shape index (κ1) is 15.9. The fourth-order valence-corrected chi connectivity index (χ4v) is 1.18. The summed E-state index contributed by atoms with van der Waals surface area (Å²) in [6.45, 7) is 8.46. The van der Waals surface area contributed by atoms with Gasteiger partial charge in [0.05, 0.1) is 0 Å². The van der Waals surface area contributed by atoms with E-state index in [0.717, 1.165) is 5.69 Å². The van der Waals surface area contributed by atoms with Crippen LogP contribution in [0.5, 0.6) is 0 Å². The Hall–Kier alpha value is -1.07. The zero-order valence-corrected chi connectivity index (χ0v) is 11.5. The predicted molar refractivity (Wildman–Crippen MR) is 70.5 cm³/mol. The van der Waals surface area contributed by atoms with Gasteiger partial charge in [-0.2, -0.15) is 5.10 Å². The van der Waals surface area contributed by atoms with Crippen LogP contribution in [0.2, 0.25) is 0 Å². The fraction of sp³-hybridized carbons (Fsp3) is 0.636. The van der Waals surface area contributed by atoms with Crippen LogP contribution in [0, 0.1) is 0 Å². The van der Waals surface area contributed by atoms with Crippen molar-refractivity contribution in [3.05, 3.63) is 17.5 Å². The molecule has 0 aromatic carbocycles. The van der Waals surface area contributed by atoms with Crippen LogP contribution < -0.4 is 11.1 Å². The zero-order chi connectivity index (χ0) is 12.3. The lowest BCUT2D eigenvalue weighted by atomic mass is 9.92. The quantitative estimate of drug-likeness (QED) is 0.764. The summed E-state index contributed by atoms with van der Waals surface area (Å²) in [5.41, 5.74) is 6.74. The Labute approximate surface area is 108 Å². The number of nitrogens with zero attached hydrogens (tertiary/aromatic N) is 1. The molecule has 17 heavy (non-hydrogen) atoms. The molecule has 0 fully saturated rings. The highest BCUT2D eigenvalue weighted by atomic mass is 35.5. The number of carbonyl (C=O) groups is 1. The van der Waals surface area contributed by atoms with E-state index in [1.165, 1.54) is 0 Å². The van der Waals surface area contributed by atoms with E-state index in [2.05, 4.69) is 36.3 Å². The average Bonchev–Trinajstić information content (AvgIpc) is 2.65. The molecule has 0 bridgehead atoms. The Morgan fingerprint density at radius 2 is 2.18 bits per heavy atom. The van der Waals surface area contributed by atoms with Crippen LogP contribution in [0.3, 0.4) is 0 Å². The average molecular weight is 261 g/mol. The summed E-state index contributed by atoms with van der Waals surface area (Å²) in [7, 11) is 0. The number of hydrogen-bond acceptors (Lipinski definition) is 3. The molecule has 0 aliphatic carbocycles. The maximum atomic E-state index is 11.7. The minimum absolute atomic E-state index is 0. The molecule has 0 unspecified atom stereocenters. The number of nitrogens with two attached hydrogens (primary N) is 1. The van der Waals surface area contributed by atoms with Gasteiger partial charge in [-0.1, -0.05) is 20.8 Å². The van der Waals surface area contributed by atoms with Crippen molar-refractivity contribution in [1.29, 1.82) is 0 Å². The maximum absolute atomic E-state index is 11.7. The van der Waals surface area contributed by atoms with E-state index >= 15 is 0 Å². The number of halogens is 1. The number of carbonyl (C=O) groups excluding carboxylic acids is 1. The van der Waals surface area contributed by atoms with Gasteiger partial charge < -0.3 is 11.1 Å². The van der Waals surface area contributed by atoms with Crippen molar-refractivity contribution in [3.63, 3.8) is 0 Å². The highest BCUT2D eigenvalue weighted by molar-refractivity contribution is 5.92. The van der Waals surface area contributed by atoms with E-state index in [1.807, 2.05) is 6.92 Å². The second-order valence-corrected chi connectivity index (χ2v) is 5.03. The summed E-state index contributed by atoms with van der Waals surface area (Å²) < 4.78 is 0. The van der Waals surface area contributed by atoms with Crippen molar-refractivity contribution in [2.24, 2.45) is 5.73 Å². The number of amides is 1. The minimum atomic E-state index is -0.190. The van der Waals surface area contributed by atoms with Crippen LogP contribution in [0.15, 0.2) is 6.07 Å². The van der Waals surface area contributed by atoms with Gasteiger partial charge in [0, 0.05) is 23.7 Å². The van der Waals surface area contributed by atoms with Crippen molar-refractivity contribution in [2.75, 3.05) is 6.54 Å². The lowest BCUT2D eigenvalue weighted by Gasteiger charge is -2.14. The molecule has 1 amide bonds. The van der Waals surface area contributed by atoms with Crippen LogP contribution >= 0.6 is 12.4 Å². The molecular weight excluding hydrogens is 240 g/mol. The number of aromatic nitrogens is 2. The summed E-state index contributed by atoms with van der Waals surface area (Å²) >= 11 is 0. The SMILES string of the molecule is C[C@@H](CN)NC(=O)c1cc(C(C)(C)C)[nH]n1.Cl. The zero-order valence-electron chi connectivity index (χ0n) is 10.7. The second-order valence-electron chi connectivity index (χ2n) is 5.03. The summed E-state index contributed by atoms with van der Waals surface area (Å²) in [6.07, 6.45) is 0. The van der Waals surface area contributed by atoms with Crippen molar-refractivity contribution in [1.82, 2.24) is 15.5 Å². The van der Waals surface area contributed by atoms with Gasteiger partial charge in [-0.25, -0.2) is 0 Å². The minimum Gasteiger partial charge on any atom is -0.347 e. The third-order valence-electron chi connectivity index (χ3n) is 2.35. The maximum Gasteiger partial charge on any atom is 0.272 e. The lowest BCUT2D eigenvalue weighted by Crippen LogP contribution is -2.37. The van der Waals surface area contributed by atoms with E-state index in [0.29, 0.717) is 12.2 Å². The molecule has 0 saturated heterocycles. The number of rotatable bonds is 3. The topological polar surface area (TPSA) is 83.8 Å². The van der Waals surface area contributed by atoms with Crippen LogP contribution in [0.25, 0.3) is 0 Å². The molecule has 0 saturated carbocycles. The van der Waals surface area contributed by atoms with Gasteiger partial charge >= 0.3 is 0 Å². The van der Waals surface area contributed by atoms with E-state index in [1.54, 1.807) is 6.07 Å². The molecule has 0 aliphatic rings.